The van der Waals surface area contributed by atoms with Crippen molar-refractivity contribution in [2.75, 3.05) is 27.2 Å². The first-order valence-electron chi connectivity index (χ1n) is 6.29. The number of halogens is 1. The Hall–Kier alpha value is -1.64. The third-order valence-corrected chi connectivity index (χ3v) is 3.76. The van der Waals surface area contributed by atoms with Gasteiger partial charge in [-0.25, -0.2) is 0 Å². The van der Waals surface area contributed by atoms with Crippen molar-refractivity contribution in [2.24, 2.45) is 0 Å². The second-order valence-corrected chi connectivity index (χ2v) is 5.47. The fraction of sp³-hybridized carbons (Fsp3) is 0.357. The topological polar surface area (TPSA) is 75.7 Å². The molecule has 1 rings (SSSR count). The second kappa shape index (κ2) is 8.60. The Balaban J connectivity index is 2.44. The molecule has 0 aliphatic carbocycles. The molecule has 0 aliphatic heterocycles. The van der Waals surface area contributed by atoms with E-state index in [1.165, 1.54) is 12.0 Å². The first kappa shape index (κ1) is 17.4. The maximum atomic E-state index is 11.9. The summed E-state index contributed by atoms with van der Waals surface area (Å²) >= 11 is 2.06. The van der Waals surface area contributed by atoms with E-state index in [-0.39, 0.29) is 37.3 Å². The van der Waals surface area contributed by atoms with Crippen LogP contribution in [0.3, 0.4) is 0 Å². The molecular formula is C14H17IN2O4. The summed E-state index contributed by atoms with van der Waals surface area (Å²) in [6, 6.07) is 7.12. The van der Waals surface area contributed by atoms with Gasteiger partial charge in [0.15, 0.2) is 0 Å². The van der Waals surface area contributed by atoms with E-state index in [9.17, 15) is 14.4 Å². The third-order valence-electron chi connectivity index (χ3n) is 2.82. The number of ether oxygens (including phenoxy) is 1. The Labute approximate surface area is 137 Å². The van der Waals surface area contributed by atoms with Crippen LogP contribution in [0.5, 0.6) is 0 Å². The number of carbonyl (C=O) groups excluding carboxylic acids is 3. The molecule has 0 bridgehead atoms. The molecule has 114 valence electrons. The van der Waals surface area contributed by atoms with Crippen molar-refractivity contribution in [1.29, 1.82) is 0 Å². The summed E-state index contributed by atoms with van der Waals surface area (Å²) < 4.78 is 5.32. The van der Waals surface area contributed by atoms with Gasteiger partial charge in [-0.15, -0.1) is 0 Å². The average molecular weight is 404 g/mol. The number of nitrogens with one attached hydrogen (secondary N) is 1. The summed E-state index contributed by atoms with van der Waals surface area (Å²) in [5.74, 6) is -0.939. The van der Waals surface area contributed by atoms with Crippen LogP contribution < -0.4 is 5.32 Å². The number of benzene rings is 1. The fourth-order valence-corrected chi connectivity index (χ4v) is 2.15. The molecule has 0 unspecified atom stereocenters. The van der Waals surface area contributed by atoms with Gasteiger partial charge in [-0.1, -0.05) is 12.1 Å². The minimum atomic E-state index is -0.377. The maximum absolute atomic E-state index is 11.9. The number of hydrogen-bond donors (Lipinski definition) is 1. The van der Waals surface area contributed by atoms with Crippen molar-refractivity contribution in [2.45, 2.75) is 6.42 Å². The molecule has 0 radical (unpaired) electrons. The van der Waals surface area contributed by atoms with Crippen LogP contribution in [0.25, 0.3) is 0 Å². The van der Waals surface area contributed by atoms with Gasteiger partial charge in [0.1, 0.15) is 0 Å². The number of nitrogens with zero attached hydrogens (tertiary/aromatic N) is 1. The largest absolute Gasteiger partial charge is 0.469 e. The van der Waals surface area contributed by atoms with Crippen LogP contribution >= 0.6 is 22.6 Å². The lowest BCUT2D eigenvalue weighted by Gasteiger charge is -2.16. The van der Waals surface area contributed by atoms with Gasteiger partial charge >= 0.3 is 5.97 Å². The summed E-state index contributed by atoms with van der Waals surface area (Å²) in [6.07, 6.45) is 0.128. The molecule has 21 heavy (non-hydrogen) atoms. The van der Waals surface area contributed by atoms with Crippen LogP contribution in [-0.4, -0.2) is 49.9 Å². The number of likely N-dealkylation sites (N-methyl/N-ethyl adjacent to an activating group) is 1. The molecule has 0 saturated carbocycles. The van der Waals surface area contributed by atoms with E-state index in [0.717, 1.165) is 3.57 Å². The summed E-state index contributed by atoms with van der Waals surface area (Å²) in [7, 11) is 2.87. The van der Waals surface area contributed by atoms with E-state index in [4.69, 9.17) is 0 Å². The van der Waals surface area contributed by atoms with E-state index < -0.39 is 0 Å². The van der Waals surface area contributed by atoms with Crippen molar-refractivity contribution < 1.29 is 19.1 Å². The lowest BCUT2D eigenvalue weighted by atomic mass is 10.2. The molecule has 6 nitrogen and oxygen atoms in total. The molecule has 0 spiro atoms. The van der Waals surface area contributed by atoms with Crippen molar-refractivity contribution >= 4 is 40.4 Å². The quantitative estimate of drug-likeness (QED) is 0.568. The lowest BCUT2D eigenvalue weighted by molar-refractivity contribution is -0.141. The zero-order valence-electron chi connectivity index (χ0n) is 11.9. The maximum Gasteiger partial charge on any atom is 0.307 e. The number of methoxy groups -OCH3 is 1. The lowest BCUT2D eigenvalue weighted by Crippen LogP contribution is -2.39. The first-order chi connectivity index (χ1) is 9.95. The second-order valence-electron chi connectivity index (χ2n) is 4.30. The molecule has 0 aliphatic rings. The highest BCUT2D eigenvalue weighted by molar-refractivity contribution is 14.1. The van der Waals surface area contributed by atoms with Crippen molar-refractivity contribution in [3.05, 3.63) is 33.4 Å². The number of hydrogen-bond acceptors (Lipinski definition) is 4. The Morgan fingerprint density at radius 2 is 1.95 bits per heavy atom. The summed E-state index contributed by atoms with van der Waals surface area (Å²) in [5, 5.41) is 2.57. The van der Waals surface area contributed by atoms with Crippen LogP contribution in [0.2, 0.25) is 0 Å². The smallest absolute Gasteiger partial charge is 0.307 e. The number of amides is 2. The Morgan fingerprint density at radius 3 is 2.57 bits per heavy atom. The fourth-order valence-electron chi connectivity index (χ4n) is 1.52. The van der Waals surface area contributed by atoms with Crippen molar-refractivity contribution in [3.63, 3.8) is 0 Å². The highest BCUT2D eigenvalue weighted by Gasteiger charge is 2.14. The SMILES string of the molecule is COC(=O)CCN(C)C(=O)CNC(=O)c1ccccc1I. The molecular weight excluding hydrogens is 387 g/mol. The van der Waals surface area contributed by atoms with Crippen molar-refractivity contribution in [3.8, 4) is 0 Å². The highest BCUT2D eigenvalue weighted by Crippen LogP contribution is 2.10. The summed E-state index contributed by atoms with van der Waals surface area (Å²) in [4.78, 5) is 36.1. The van der Waals surface area contributed by atoms with Crippen LogP contribution in [0, 0.1) is 3.57 Å². The van der Waals surface area contributed by atoms with E-state index in [0.29, 0.717) is 5.56 Å². The van der Waals surface area contributed by atoms with Gasteiger partial charge in [-0.2, -0.15) is 0 Å². The minimum Gasteiger partial charge on any atom is -0.469 e. The van der Waals surface area contributed by atoms with E-state index in [1.54, 1.807) is 19.2 Å². The number of rotatable bonds is 6. The predicted octanol–water partition coefficient (Wildman–Crippen LogP) is 1.04. The van der Waals surface area contributed by atoms with Crippen LogP contribution in [0.15, 0.2) is 24.3 Å². The number of esters is 1. The molecule has 7 heteroatoms. The van der Waals surface area contributed by atoms with Crippen LogP contribution in [0.1, 0.15) is 16.8 Å². The summed E-state index contributed by atoms with van der Waals surface area (Å²) in [6.45, 7) is 0.145. The van der Waals surface area contributed by atoms with Crippen LogP contribution in [-0.2, 0) is 14.3 Å². The molecule has 0 aromatic heterocycles. The monoisotopic (exact) mass is 404 g/mol. The molecule has 2 amide bonds. The van der Waals surface area contributed by atoms with Gasteiger partial charge in [0, 0.05) is 17.2 Å². The molecule has 0 saturated heterocycles. The van der Waals surface area contributed by atoms with Gasteiger partial charge in [-0.05, 0) is 34.7 Å². The molecule has 0 heterocycles. The van der Waals surface area contributed by atoms with Crippen LogP contribution in [0.4, 0.5) is 0 Å². The molecule has 1 N–H and O–H groups in total. The van der Waals surface area contributed by atoms with Gasteiger partial charge in [0.05, 0.1) is 25.6 Å². The highest BCUT2D eigenvalue weighted by atomic mass is 127. The third kappa shape index (κ3) is 5.70. The summed E-state index contributed by atoms with van der Waals surface area (Å²) in [5.41, 5.74) is 0.531. The zero-order valence-corrected chi connectivity index (χ0v) is 14.0. The Kier molecular flexibility index (Phi) is 7.13. The molecule has 1 aromatic carbocycles. The van der Waals surface area contributed by atoms with E-state index >= 15 is 0 Å². The van der Waals surface area contributed by atoms with Gasteiger partial charge in [-0.3, -0.25) is 14.4 Å². The van der Waals surface area contributed by atoms with E-state index in [1.807, 2.05) is 12.1 Å². The van der Waals surface area contributed by atoms with Gasteiger partial charge in [0.25, 0.3) is 5.91 Å². The standard InChI is InChI=1S/C14H17IN2O4/c1-17(8-7-13(19)21-2)12(18)9-16-14(20)10-5-3-4-6-11(10)15/h3-6H,7-9H2,1-2H3,(H,16,20). The average Bonchev–Trinajstić information content (AvgIpc) is 2.49. The minimum absolute atomic E-state index is 0.110. The number of carbonyl (C=O) groups is 3. The molecule has 1 aromatic rings. The Morgan fingerprint density at radius 1 is 1.29 bits per heavy atom. The van der Waals surface area contributed by atoms with Gasteiger partial charge < -0.3 is 15.0 Å². The van der Waals surface area contributed by atoms with E-state index in [2.05, 4.69) is 32.6 Å². The first-order valence-corrected chi connectivity index (χ1v) is 7.37. The normalized spacial score (nSPS) is 9.86. The predicted molar refractivity (Wildman–Crippen MR) is 85.8 cm³/mol. The molecule has 0 fully saturated rings. The zero-order chi connectivity index (χ0) is 15.8. The Bertz CT molecular complexity index is 533. The van der Waals surface area contributed by atoms with Crippen molar-refractivity contribution in [1.82, 2.24) is 10.2 Å². The van der Waals surface area contributed by atoms with Gasteiger partial charge in [0.2, 0.25) is 5.91 Å². The molecule has 0 atom stereocenters.